The molecule has 0 spiro atoms. The largest absolute Gasteiger partial charge is 2.00 e. The van der Waals surface area contributed by atoms with Gasteiger partial charge in [0.05, 0.1) is 11.9 Å². The Labute approximate surface area is 147 Å². The molecule has 1 heterocycles. The van der Waals surface area contributed by atoms with Gasteiger partial charge in [0, 0.05) is 26.5 Å². The molecule has 0 saturated heterocycles. The summed E-state index contributed by atoms with van der Waals surface area (Å²) >= 11 is 5.02. The second-order valence-corrected chi connectivity index (χ2v) is 3.64. The maximum Gasteiger partial charge on any atom is 2.00 e. The van der Waals surface area contributed by atoms with Crippen LogP contribution in [0.25, 0.3) is 0 Å². The molecule has 0 bridgehead atoms. The first kappa shape index (κ1) is 24.6. The number of hydrogen-bond acceptors (Lipinski definition) is 4. The molecule has 0 aromatic carbocycles. The molecule has 0 unspecified atom stereocenters. The van der Waals surface area contributed by atoms with Crippen molar-refractivity contribution >= 4 is 23.5 Å². The standard InChI is InChI=1S/C11H16N4OS.2ClH.Cu/c1-16-8-4-7-13-11(17)15-14-9-10-5-2-3-6-12-10;;;/h2-3,5-6,9H,4,7-8H2,1H3,(H2,13,15,17);2*1H;/q;;;+2/p-2/b14-9+;;;. The average Bonchev–Trinajstić information content (AvgIpc) is 2.36. The molecule has 0 saturated carbocycles. The Balaban J connectivity index is -0.000000963. The van der Waals surface area contributed by atoms with Gasteiger partial charge in [-0.15, -0.1) is 0 Å². The number of rotatable bonds is 6. The Hall–Kier alpha value is -0.431. The van der Waals surface area contributed by atoms with Crippen LogP contribution in [0.2, 0.25) is 0 Å². The van der Waals surface area contributed by atoms with E-state index in [2.05, 4.69) is 20.8 Å². The number of hydrazone groups is 1. The summed E-state index contributed by atoms with van der Waals surface area (Å²) in [6.07, 6.45) is 4.23. The third kappa shape index (κ3) is 12.6. The van der Waals surface area contributed by atoms with Crippen LogP contribution in [0, 0.1) is 0 Å². The molecule has 1 aromatic heterocycles. The van der Waals surface area contributed by atoms with Crippen molar-refractivity contribution in [1.82, 2.24) is 15.7 Å². The van der Waals surface area contributed by atoms with E-state index in [1.807, 2.05) is 18.2 Å². The summed E-state index contributed by atoms with van der Waals surface area (Å²) in [5, 5.41) is 7.47. The predicted molar refractivity (Wildman–Crippen MR) is 72.1 cm³/mol. The minimum absolute atomic E-state index is 0. The van der Waals surface area contributed by atoms with Gasteiger partial charge in [-0.1, -0.05) is 6.07 Å². The van der Waals surface area contributed by atoms with E-state index in [-0.39, 0.29) is 41.9 Å². The van der Waals surface area contributed by atoms with E-state index in [0.29, 0.717) is 11.7 Å². The zero-order valence-corrected chi connectivity index (χ0v) is 14.0. The van der Waals surface area contributed by atoms with E-state index in [1.54, 1.807) is 19.5 Å². The zero-order chi connectivity index (χ0) is 12.3. The molecule has 0 aliphatic heterocycles. The summed E-state index contributed by atoms with van der Waals surface area (Å²) < 4.78 is 4.92. The van der Waals surface area contributed by atoms with Gasteiger partial charge in [-0.2, -0.15) is 5.10 Å². The molecule has 0 atom stereocenters. The summed E-state index contributed by atoms with van der Waals surface area (Å²) in [5.41, 5.74) is 3.50. The van der Waals surface area contributed by atoms with Crippen LogP contribution in [-0.4, -0.2) is 36.6 Å². The van der Waals surface area contributed by atoms with Crippen molar-refractivity contribution in [3.8, 4) is 0 Å². The molecule has 1 rings (SSSR count). The van der Waals surface area contributed by atoms with Crippen LogP contribution in [0.3, 0.4) is 0 Å². The van der Waals surface area contributed by atoms with Crippen molar-refractivity contribution < 1.29 is 46.6 Å². The molecule has 20 heavy (non-hydrogen) atoms. The van der Waals surface area contributed by atoms with Crippen molar-refractivity contribution in [3.63, 3.8) is 0 Å². The van der Waals surface area contributed by atoms with E-state index in [1.165, 1.54) is 0 Å². The molecule has 0 aliphatic rings. The summed E-state index contributed by atoms with van der Waals surface area (Å²) in [4.78, 5) is 4.09. The normalized spacial score (nSPS) is 8.85. The van der Waals surface area contributed by atoms with Gasteiger partial charge in [-0.3, -0.25) is 10.4 Å². The van der Waals surface area contributed by atoms with Crippen LogP contribution >= 0.6 is 12.2 Å². The first-order valence-electron chi connectivity index (χ1n) is 5.30. The third-order valence-electron chi connectivity index (χ3n) is 1.86. The van der Waals surface area contributed by atoms with Gasteiger partial charge >= 0.3 is 17.1 Å². The van der Waals surface area contributed by atoms with E-state index in [0.717, 1.165) is 18.7 Å². The summed E-state index contributed by atoms with van der Waals surface area (Å²) in [5.74, 6) is 0. The first-order chi connectivity index (χ1) is 8.33. The van der Waals surface area contributed by atoms with Gasteiger partial charge in [0.25, 0.3) is 0 Å². The molecule has 0 fully saturated rings. The Morgan fingerprint density at radius 1 is 1.45 bits per heavy atom. The molecule has 9 heteroatoms. The first-order valence-corrected chi connectivity index (χ1v) is 5.70. The number of nitrogens with one attached hydrogen (secondary N) is 2. The van der Waals surface area contributed by atoms with Crippen molar-refractivity contribution in [2.45, 2.75) is 6.42 Å². The van der Waals surface area contributed by atoms with Gasteiger partial charge in [0.15, 0.2) is 5.11 Å². The molecule has 5 nitrogen and oxygen atoms in total. The number of nitrogens with zero attached hydrogens (tertiary/aromatic N) is 2. The fourth-order valence-corrected chi connectivity index (χ4v) is 1.22. The van der Waals surface area contributed by atoms with Crippen LogP contribution in [0.1, 0.15) is 12.1 Å². The Bertz CT molecular complexity index is 371. The maximum absolute atomic E-state index is 5.02. The van der Waals surface area contributed by atoms with E-state index in [9.17, 15) is 0 Å². The molecule has 1 aromatic rings. The smallest absolute Gasteiger partial charge is 1.00 e. The fourth-order valence-electron chi connectivity index (χ4n) is 1.07. The van der Waals surface area contributed by atoms with Gasteiger partial charge in [0.2, 0.25) is 0 Å². The van der Waals surface area contributed by atoms with Crippen molar-refractivity contribution in [2.75, 3.05) is 20.3 Å². The minimum atomic E-state index is 0. The van der Waals surface area contributed by atoms with Crippen molar-refractivity contribution in [3.05, 3.63) is 30.1 Å². The second kappa shape index (κ2) is 16.6. The number of ether oxygens (including phenoxy) is 1. The Kier molecular flexibility index (Phi) is 20.4. The van der Waals surface area contributed by atoms with Crippen molar-refractivity contribution in [1.29, 1.82) is 0 Å². The topological polar surface area (TPSA) is 58.5 Å². The van der Waals surface area contributed by atoms with Gasteiger partial charge < -0.3 is 34.9 Å². The molecular formula is C11H16Cl2CuN4OS. The SMILES string of the molecule is COCCCNC(=S)N/N=C/c1ccccn1.[Cl-].[Cl-].[Cu+2]. The summed E-state index contributed by atoms with van der Waals surface area (Å²) in [6, 6.07) is 5.61. The Morgan fingerprint density at radius 2 is 2.20 bits per heavy atom. The molecular weight excluding hydrogens is 371 g/mol. The van der Waals surface area contributed by atoms with E-state index in [4.69, 9.17) is 17.0 Å². The molecule has 117 valence electrons. The van der Waals surface area contributed by atoms with Crippen LogP contribution in [0.5, 0.6) is 0 Å². The number of thiocarbonyl (C=S) groups is 1. The zero-order valence-electron chi connectivity index (χ0n) is 10.8. The monoisotopic (exact) mass is 385 g/mol. The van der Waals surface area contributed by atoms with Gasteiger partial charge in [0.1, 0.15) is 0 Å². The summed E-state index contributed by atoms with van der Waals surface area (Å²) in [6.45, 7) is 1.48. The predicted octanol–water partition coefficient (Wildman–Crippen LogP) is -5.08. The van der Waals surface area contributed by atoms with E-state index < -0.39 is 0 Å². The van der Waals surface area contributed by atoms with Crippen LogP contribution in [0.15, 0.2) is 29.5 Å². The number of hydrogen-bond donors (Lipinski definition) is 2. The molecule has 2 N–H and O–H groups in total. The molecule has 1 radical (unpaired) electrons. The van der Waals surface area contributed by atoms with Crippen molar-refractivity contribution in [2.24, 2.45) is 5.10 Å². The van der Waals surface area contributed by atoms with Gasteiger partial charge in [-0.05, 0) is 30.8 Å². The fraction of sp³-hybridized carbons (Fsp3) is 0.364. The van der Waals surface area contributed by atoms with Gasteiger partial charge in [-0.25, -0.2) is 0 Å². The van der Waals surface area contributed by atoms with Crippen LogP contribution in [0.4, 0.5) is 0 Å². The number of aromatic nitrogens is 1. The minimum Gasteiger partial charge on any atom is -1.00 e. The second-order valence-electron chi connectivity index (χ2n) is 3.23. The maximum atomic E-state index is 5.02. The number of methoxy groups -OCH3 is 1. The average molecular weight is 387 g/mol. The molecule has 0 amide bonds. The van der Waals surface area contributed by atoms with E-state index >= 15 is 0 Å². The van der Waals surface area contributed by atoms with Crippen LogP contribution in [-0.2, 0) is 21.8 Å². The van der Waals surface area contributed by atoms with Crippen LogP contribution < -0.4 is 35.6 Å². The quantitative estimate of drug-likeness (QED) is 0.168. The number of halogens is 2. The number of pyridine rings is 1. The third-order valence-corrected chi connectivity index (χ3v) is 2.10. The Morgan fingerprint density at radius 3 is 2.80 bits per heavy atom. The molecule has 0 aliphatic carbocycles. The summed E-state index contributed by atoms with van der Waals surface area (Å²) in [7, 11) is 1.67.